The highest BCUT2D eigenvalue weighted by molar-refractivity contribution is 5.79. The summed E-state index contributed by atoms with van der Waals surface area (Å²) in [6.07, 6.45) is 0. The number of aromatic nitrogens is 2. The SMILES string of the molecule is CNc1ccc(-c2nc3cc(F)c(F)cc3[nH]2)cc1. The average molecular weight is 259 g/mol. The maximum atomic E-state index is 13.1. The molecule has 96 valence electrons. The van der Waals surface area contributed by atoms with Crippen LogP contribution in [0.25, 0.3) is 22.4 Å². The second-order valence-corrected chi connectivity index (χ2v) is 4.20. The van der Waals surface area contributed by atoms with Gasteiger partial charge in [-0.15, -0.1) is 0 Å². The van der Waals surface area contributed by atoms with Gasteiger partial charge in [0.2, 0.25) is 0 Å². The van der Waals surface area contributed by atoms with Gasteiger partial charge in [0.05, 0.1) is 11.0 Å². The fourth-order valence-electron chi connectivity index (χ4n) is 1.94. The summed E-state index contributed by atoms with van der Waals surface area (Å²) in [5, 5.41) is 3.02. The molecular formula is C14H11F2N3. The summed E-state index contributed by atoms with van der Waals surface area (Å²) < 4.78 is 26.2. The maximum absolute atomic E-state index is 13.1. The third-order valence-electron chi connectivity index (χ3n) is 2.97. The lowest BCUT2D eigenvalue weighted by Crippen LogP contribution is -1.87. The van der Waals surface area contributed by atoms with Crippen LogP contribution in [0.15, 0.2) is 36.4 Å². The Morgan fingerprint density at radius 1 is 1.05 bits per heavy atom. The fraction of sp³-hybridized carbons (Fsp3) is 0.0714. The summed E-state index contributed by atoms with van der Waals surface area (Å²) >= 11 is 0. The van der Waals surface area contributed by atoms with Crippen LogP contribution in [-0.4, -0.2) is 17.0 Å². The number of aromatic amines is 1. The molecule has 0 unspecified atom stereocenters. The molecule has 0 aliphatic heterocycles. The Hall–Kier alpha value is -2.43. The van der Waals surface area contributed by atoms with Crippen molar-refractivity contribution in [3.8, 4) is 11.4 Å². The van der Waals surface area contributed by atoms with E-state index >= 15 is 0 Å². The number of anilines is 1. The molecule has 0 atom stereocenters. The predicted octanol–water partition coefficient (Wildman–Crippen LogP) is 3.55. The molecule has 0 aliphatic rings. The number of halogens is 2. The topological polar surface area (TPSA) is 40.7 Å². The third kappa shape index (κ3) is 2.03. The van der Waals surface area contributed by atoms with Crippen molar-refractivity contribution in [1.82, 2.24) is 9.97 Å². The van der Waals surface area contributed by atoms with Gasteiger partial charge in [0.15, 0.2) is 11.6 Å². The van der Waals surface area contributed by atoms with E-state index in [1.54, 1.807) is 0 Å². The van der Waals surface area contributed by atoms with E-state index in [9.17, 15) is 8.78 Å². The first kappa shape index (κ1) is 11.6. The molecule has 2 N–H and O–H groups in total. The first-order valence-corrected chi connectivity index (χ1v) is 5.80. The lowest BCUT2D eigenvalue weighted by atomic mass is 10.2. The van der Waals surface area contributed by atoms with Crippen molar-refractivity contribution < 1.29 is 8.78 Å². The number of imidazole rings is 1. The van der Waals surface area contributed by atoms with Gasteiger partial charge in [-0.2, -0.15) is 0 Å². The minimum atomic E-state index is -0.893. The van der Waals surface area contributed by atoms with Crippen LogP contribution in [0.3, 0.4) is 0 Å². The molecule has 2 aromatic carbocycles. The molecule has 5 heteroatoms. The number of nitrogens with one attached hydrogen (secondary N) is 2. The molecule has 3 rings (SSSR count). The van der Waals surface area contributed by atoms with Gasteiger partial charge in [-0.3, -0.25) is 0 Å². The second kappa shape index (κ2) is 4.35. The third-order valence-corrected chi connectivity index (χ3v) is 2.97. The zero-order chi connectivity index (χ0) is 13.4. The van der Waals surface area contributed by atoms with Crippen molar-refractivity contribution in [2.24, 2.45) is 0 Å². The number of H-pyrrole nitrogens is 1. The van der Waals surface area contributed by atoms with Crippen LogP contribution < -0.4 is 5.32 Å². The molecule has 1 heterocycles. The van der Waals surface area contributed by atoms with Crippen molar-refractivity contribution in [1.29, 1.82) is 0 Å². The number of hydrogen-bond donors (Lipinski definition) is 2. The van der Waals surface area contributed by atoms with E-state index in [0.29, 0.717) is 16.9 Å². The summed E-state index contributed by atoms with van der Waals surface area (Å²) in [5.74, 6) is -1.19. The van der Waals surface area contributed by atoms with E-state index in [4.69, 9.17) is 0 Å². The van der Waals surface area contributed by atoms with Crippen LogP contribution in [0.4, 0.5) is 14.5 Å². The molecule has 0 spiro atoms. The van der Waals surface area contributed by atoms with Crippen LogP contribution in [-0.2, 0) is 0 Å². The summed E-state index contributed by atoms with van der Waals surface area (Å²) in [6, 6.07) is 9.79. The first-order valence-electron chi connectivity index (χ1n) is 5.80. The molecule has 0 saturated carbocycles. The van der Waals surface area contributed by atoms with Gasteiger partial charge in [-0.25, -0.2) is 13.8 Å². The van der Waals surface area contributed by atoms with Crippen molar-refractivity contribution >= 4 is 16.7 Å². The number of nitrogens with zero attached hydrogens (tertiary/aromatic N) is 1. The molecule has 1 aromatic heterocycles. The van der Waals surface area contributed by atoms with Gasteiger partial charge in [-0.05, 0) is 24.3 Å². The van der Waals surface area contributed by atoms with Gasteiger partial charge < -0.3 is 10.3 Å². The summed E-state index contributed by atoms with van der Waals surface area (Å²) in [4.78, 5) is 7.24. The summed E-state index contributed by atoms with van der Waals surface area (Å²) in [5.41, 5.74) is 2.73. The smallest absolute Gasteiger partial charge is 0.161 e. The maximum Gasteiger partial charge on any atom is 0.161 e. The van der Waals surface area contributed by atoms with E-state index in [2.05, 4.69) is 15.3 Å². The molecule has 0 amide bonds. The molecule has 0 saturated heterocycles. The molecule has 19 heavy (non-hydrogen) atoms. The van der Waals surface area contributed by atoms with Gasteiger partial charge in [0.25, 0.3) is 0 Å². The molecule has 3 nitrogen and oxygen atoms in total. The van der Waals surface area contributed by atoms with E-state index < -0.39 is 11.6 Å². The zero-order valence-corrected chi connectivity index (χ0v) is 10.2. The highest BCUT2D eigenvalue weighted by atomic mass is 19.2. The quantitative estimate of drug-likeness (QED) is 0.739. The van der Waals surface area contributed by atoms with Gasteiger partial charge >= 0.3 is 0 Å². The molecular weight excluding hydrogens is 248 g/mol. The van der Waals surface area contributed by atoms with E-state index in [1.807, 2.05) is 31.3 Å². The monoisotopic (exact) mass is 259 g/mol. The second-order valence-electron chi connectivity index (χ2n) is 4.20. The molecule has 0 bridgehead atoms. The lowest BCUT2D eigenvalue weighted by Gasteiger charge is -2.00. The molecule has 0 aliphatic carbocycles. The van der Waals surface area contributed by atoms with E-state index in [0.717, 1.165) is 23.4 Å². The largest absolute Gasteiger partial charge is 0.388 e. The van der Waals surface area contributed by atoms with Crippen molar-refractivity contribution in [3.05, 3.63) is 48.0 Å². The highest BCUT2D eigenvalue weighted by Crippen LogP contribution is 2.23. The summed E-state index contributed by atoms with van der Waals surface area (Å²) in [7, 11) is 1.84. The zero-order valence-electron chi connectivity index (χ0n) is 10.2. The van der Waals surface area contributed by atoms with Gasteiger partial charge in [0.1, 0.15) is 5.82 Å². The number of rotatable bonds is 2. The minimum absolute atomic E-state index is 0.409. The molecule has 0 radical (unpaired) electrons. The van der Waals surface area contributed by atoms with Crippen molar-refractivity contribution in [2.45, 2.75) is 0 Å². The van der Waals surface area contributed by atoms with Crippen LogP contribution in [0, 0.1) is 11.6 Å². The predicted molar refractivity (Wildman–Crippen MR) is 71.0 cm³/mol. The Kier molecular flexibility index (Phi) is 2.67. The van der Waals surface area contributed by atoms with Crippen LogP contribution >= 0.6 is 0 Å². The van der Waals surface area contributed by atoms with Crippen molar-refractivity contribution in [2.75, 3.05) is 12.4 Å². The van der Waals surface area contributed by atoms with Crippen molar-refractivity contribution in [3.63, 3.8) is 0 Å². The normalized spacial score (nSPS) is 10.9. The van der Waals surface area contributed by atoms with Gasteiger partial charge in [-0.1, -0.05) is 0 Å². The van der Waals surface area contributed by atoms with Crippen LogP contribution in [0.1, 0.15) is 0 Å². The Labute approximate surface area is 108 Å². The van der Waals surface area contributed by atoms with E-state index in [-0.39, 0.29) is 0 Å². The Morgan fingerprint density at radius 3 is 2.42 bits per heavy atom. The minimum Gasteiger partial charge on any atom is -0.388 e. The average Bonchev–Trinajstić information content (AvgIpc) is 2.82. The number of fused-ring (bicyclic) bond motifs is 1. The first-order chi connectivity index (χ1) is 9.17. The molecule has 0 fully saturated rings. The number of hydrogen-bond acceptors (Lipinski definition) is 2. The lowest BCUT2D eigenvalue weighted by molar-refractivity contribution is 0.510. The highest BCUT2D eigenvalue weighted by Gasteiger charge is 2.09. The fourth-order valence-corrected chi connectivity index (χ4v) is 1.94. The Balaban J connectivity index is 2.09. The Morgan fingerprint density at radius 2 is 1.74 bits per heavy atom. The molecule has 3 aromatic rings. The summed E-state index contributed by atoms with van der Waals surface area (Å²) in [6.45, 7) is 0. The standard InChI is InChI=1S/C14H11F2N3/c1-17-9-4-2-8(3-5-9)14-18-12-6-10(15)11(16)7-13(12)19-14/h2-7,17H,1H3,(H,18,19). The Bertz CT molecular complexity index is 693. The van der Waals surface area contributed by atoms with E-state index in [1.165, 1.54) is 0 Å². The number of benzene rings is 2. The van der Waals surface area contributed by atoms with Gasteiger partial charge in [0, 0.05) is 30.4 Å². The van der Waals surface area contributed by atoms with Crippen LogP contribution in [0.5, 0.6) is 0 Å². The van der Waals surface area contributed by atoms with Crippen LogP contribution in [0.2, 0.25) is 0 Å².